The smallest absolute Gasteiger partial charge is 0.188 e. The number of ether oxygens (including phenoxy) is 1. The van der Waals surface area contributed by atoms with Gasteiger partial charge in [0.15, 0.2) is 5.96 Å². The van der Waals surface area contributed by atoms with Gasteiger partial charge < -0.3 is 15.8 Å². The van der Waals surface area contributed by atoms with E-state index in [9.17, 15) is 0 Å². The fourth-order valence-corrected chi connectivity index (χ4v) is 1.64. The van der Waals surface area contributed by atoms with Gasteiger partial charge in [0.05, 0.1) is 6.54 Å². The van der Waals surface area contributed by atoms with E-state index >= 15 is 0 Å². The normalized spacial score (nSPS) is 13.1. The third-order valence-corrected chi connectivity index (χ3v) is 2.77. The van der Waals surface area contributed by atoms with Gasteiger partial charge in [0.1, 0.15) is 11.9 Å². The van der Waals surface area contributed by atoms with E-state index in [-0.39, 0.29) is 6.10 Å². The number of benzene rings is 1. The van der Waals surface area contributed by atoms with Gasteiger partial charge in [0, 0.05) is 6.54 Å². The van der Waals surface area contributed by atoms with Crippen molar-refractivity contribution >= 4 is 5.96 Å². The molecule has 1 aromatic carbocycles. The molecule has 1 aromatic rings. The molecular weight excluding hydrogens is 238 g/mol. The maximum Gasteiger partial charge on any atom is 0.188 e. The second-order valence-electron chi connectivity index (χ2n) is 4.62. The molecular formula is C15H25N3O. The molecule has 0 aliphatic carbocycles. The van der Waals surface area contributed by atoms with Crippen LogP contribution >= 0.6 is 0 Å². The summed E-state index contributed by atoms with van der Waals surface area (Å²) in [6.07, 6.45) is 2.00. The number of hydrogen-bond acceptors (Lipinski definition) is 2. The summed E-state index contributed by atoms with van der Waals surface area (Å²) in [5, 5.41) is 3.06. The van der Waals surface area contributed by atoms with Gasteiger partial charge in [-0.15, -0.1) is 0 Å². The Morgan fingerprint density at radius 1 is 1.42 bits per heavy atom. The van der Waals surface area contributed by atoms with E-state index in [0.717, 1.165) is 25.1 Å². The Bertz CT molecular complexity index is 404. The second kappa shape index (κ2) is 8.40. The van der Waals surface area contributed by atoms with Crippen molar-refractivity contribution in [2.45, 2.75) is 39.7 Å². The van der Waals surface area contributed by atoms with E-state index < -0.39 is 0 Å². The zero-order valence-electron chi connectivity index (χ0n) is 12.1. The van der Waals surface area contributed by atoms with Gasteiger partial charge in [-0.1, -0.05) is 26.0 Å². The number of nitrogens with two attached hydrogens (primary N) is 1. The lowest BCUT2D eigenvalue weighted by molar-refractivity contribution is 0.205. The monoisotopic (exact) mass is 263 g/mol. The van der Waals surface area contributed by atoms with Crippen molar-refractivity contribution in [3.05, 3.63) is 29.8 Å². The minimum Gasteiger partial charge on any atom is -0.489 e. The van der Waals surface area contributed by atoms with Crippen molar-refractivity contribution in [2.75, 3.05) is 13.1 Å². The molecule has 0 aromatic heterocycles. The van der Waals surface area contributed by atoms with Gasteiger partial charge in [0.2, 0.25) is 0 Å². The molecule has 0 spiro atoms. The van der Waals surface area contributed by atoms with Crippen LogP contribution < -0.4 is 15.8 Å². The molecule has 0 amide bonds. The van der Waals surface area contributed by atoms with Crippen LogP contribution in [0.25, 0.3) is 0 Å². The summed E-state index contributed by atoms with van der Waals surface area (Å²) in [6.45, 7) is 7.66. The first-order chi connectivity index (χ1) is 9.15. The highest BCUT2D eigenvalue weighted by Gasteiger charge is 2.07. The summed E-state index contributed by atoms with van der Waals surface area (Å²) >= 11 is 0. The van der Waals surface area contributed by atoms with E-state index in [1.165, 1.54) is 5.56 Å². The summed E-state index contributed by atoms with van der Waals surface area (Å²) < 4.78 is 5.91. The molecule has 0 radical (unpaired) electrons. The molecule has 0 fully saturated rings. The number of aliphatic imine (C=N–C) groups is 1. The maximum absolute atomic E-state index is 5.91. The van der Waals surface area contributed by atoms with E-state index in [0.29, 0.717) is 12.5 Å². The van der Waals surface area contributed by atoms with E-state index in [2.05, 4.69) is 37.1 Å². The van der Waals surface area contributed by atoms with Crippen LogP contribution in [0.5, 0.6) is 5.75 Å². The van der Waals surface area contributed by atoms with Crippen molar-refractivity contribution in [1.29, 1.82) is 0 Å². The van der Waals surface area contributed by atoms with Crippen LogP contribution in [0.3, 0.4) is 0 Å². The largest absolute Gasteiger partial charge is 0.489 e. The molecule has 106 valence electrons. The van der Waals surface area contributed by atoms with Crippen molar-refractivity contribution in [1.82, 2.24) is 5.32 Å². The fraction of sp³-hybridized carbons (Fsp3) is 0.533. The Labute approximate surface area is 116 Å². The summed E-state index contributed by atoms with van der Waals surface area (Å²) in [6, 6.07) is 8.06. The predicted octanol–water partition coefficient (Wildman–Crippen LogP) is 2.47. The number of hydrogen-bond donors (Lipinski definition) is 2. The zero-order chi connectivity index (χ0) is 14.1. The van der Waals surface area contributed by atoms with E-state index in [1.807, 2.05) is 18.2 Å². The average molecular weight is 263 g/mol. The van der Waals surface area contributed by atoms with Crippen LogP contribution in [0.2, 0.25) is 0 Å². The first-order valence-corrected chi connectivity index (χ1v) is 6.92. The lowest BCUT2D eigenvalue weighted by atomic mass is 10.2. The first-order valence-electron chi connectivity index (χ1n) is 6.92. The van der Waals surface area contributed by atoms with Crippen LogP contribution in [0.1, 0.15) is 32.3 Å². The third kappa shape index (κ3) is 6.13. The number of aryl methyl sites for hydroxylation is 1. The molecule has 0 heterocycles. The molecule has 1 unspecified atom stereocenters. The zero-order valence-corrected chi connectivity index (χ0v) is 12.1. The molecule has 0 aliphatic rings. The molecule has 0 saturated heterocycles. The van der Waals surface area contributed by atoms with E-state index in [4.69, 9.17) is 10.5 Å². The van der Waals surface area contributed by atoms with Crippen molar-refractivity contribution < 1.29 is 4.74 Å². The first kappa shape index (κ1) is 15.3. The number of guanidine groups is 1. The number of nitrogens with zero attached hydrogens (tertiary/aromatic N) is 1. The number of rotatable bonds is 7. The third-order valence-electron chi connectivity index (χ3n) is 2.77. The molecule has 4 nitrogen and oxygen atoms in total. The number of nitrogens with one attached hydrogen (secondary N) is 1. The Hall–Kier alpha value is -1.71. The van der Waals surface area contributed by atoms with Crippen LogP contribution in [-0.2, 0) is 0 Å². The Morgan fingerprint density at radius 3 is 2.84 bits per heavy atom. The van der Waals surface area contributed by atoms with Gasteiger partial charge >= 0.3 is 0 Å². The Balaban J connectivity index is 2.50. The van der Waals surface area contributed by atoms with Gasteiger partial charge in [-0.2, -0.15) is 0 Å². The van der Waals surface area contributed by atoms with Crippen molar-refractivity contribution in [3.63, 3.8) is 0 Å². The Morgan fingerprint density at radius 2 is 2.21 bits per heavy atom. The fourth-order valence-electron chi connectivity index (χ4n) is 1.64. The molecule has 0 bridgehead atoms. The SMILES string of the molecule is CCCNC(N)=NCC(CC)Oc1cccc(C)c1. The maximum atomic E-state index is 5.91. The van der Waals surface area contributed by atoms with Gasteiger partial charge in [-0.3, -0.25) is 0 Å². The topological polar surface area (TPSA) is 59.6 Å². The second-order valence-corrected chi connectivity index (χ2v) is 4.62. The molecule has 19 heavy (non-hydrogen) atoms. The van der Waals surface area contributed by atoms with Crippen molar-refractivity contribution in [2.24, 2.45) is 10.7 Å². The highest BCUT2D eigenvalue weighted by molar-refractivity contribution is 5.77. The van der Waals surface area contributed by atoms with Crippen LogP contribution in [0.15, 0.2) is 29.3 Å². The summed E-state index contributed by atoms with van der Waals surface area (Å²) in [4.78, 5) is 4.31. The van der Waals surface area contributed by atoms with Gasteiger partial charge in [-0.25, -0.2) is 4.99 Å². The highest BCUT2D eigenvalue weighted by Crippen LogP contribution is 2.15. The molecule has 0 aliphatic heterocycles. The minimum atomic E-state index is 0.0591. The average Bonchev–Trinajstić information content (AvgIpc) is 2.41. The summed E-state index contributed by atoms with van der Waals surface area (Å²) in [5.74, 6) is 1.38. The minimum absolute atomic E-state index is 0.0591. The molecule has 0 saturated carbocycles. The van der Waals surface area contributed by atoms with E-state index in [1.54, 1.807) is 0 Å². The van der Waals surface area contributed by atoms with Crippen molar-refractivity contribution in [3.8, 4) is 5.75 Å². The molecule has 4 heteroatoms. The quantitative estimate of drug-likeness (QED) is 0.587. The van der Waals surface area contributed by atoms with Gasteiger partial charge in [0.25, 0.3) is 0 Å². The lowest BCUT2D eigenvalue weighted by Crippen LogP contribution is -2.33. The highest BCUT2D eigenvalue weighted by atomic mass is 16.5. The van der Waals surface area contributed by atoms with Crippen LogP contribution in [-0.4, -0.2) is 25.2 Å². The molecule has 1 rings (SSSR count). The van der Waals surface area contributed by atoms with Gasteiger partial charge in [-0.05, 0) is 37.5 Å². The van der Waals surface area contributed by atoms with Crippen LogP contribution in [0, 0.1) is 6.92 Å². The standard InChI is InChI=1S/C15H25N3O/c1-4-9-17-15(16)18-11-13(5-2)19-14-8-6-7-12(3)10-14/h6-8,10,13H,4-5,9,11H2,1-3H3,(H3,16,17,18). The predicted molar refractivity (Wildman–Crippen MR) is 80.7 cm³/mol. The molecule has 3 N–H and O–H groups in total. The summed E-state index contributed by atoms with van der Waals surface area (Å²) in [5.41, 5.74) is 6.96. The lowest BCUT2D eigenvalue weighted by Gasteiger charge is -2.16. The Kier molecular flexibility index (Phi) is 6.79. The summed E-state index contributed by atoms with van der Waals surface area (Å²) in [7, 11) is 0. The molecule has 1 atom stereocenters. The van der Waals surface area contributed by atoms with Crippen LogP contribution in [0.4, 0.5) is 0 Å².